The van der Waals surface area contributed by atoms with Crippen LogP contribution in [0.4, 0.5) is 0 Å². The summed E-state index contributed by atoms with van der Waals surface area (Å²) in [4.78, 5) is 0. The third-order valence-corrected chi connectivity index (χ3v) is 1.36. The molecule has 52 valence electrons. The van der Waals surface area contributed by atoms with Gasteiger partial charge < -0.3 is 9.47 Å². The molecule has 1 fully saturated rings. The van der Waals surface area contributed by atoms with E-state index in [0.717, 1.165) is 6.61 Å². The van der Waals surface area contributed by atoms with E-state index in [1.165, 1.54) is 0 Å². The monoisotopic (exact) mass is 128 g/mol. The Morgan fingerprint density at radius 2 is 2.67 bits per heavy atom. The minimum Gasteiger partial charge on any atom is -0.372 e. The molecule has 2 unspecified atom stereocenters. The van der Waals surface area contributed by atoms with Crippen molar-refractivity contribution in [1.29, 1.82) is 0 Å². The van der Waals surface area contributed by atoms with Crippen LogP contribution in [0.1, 0.15) is 6.92 Å². The van der Waals surface area contributed by atoms with Crippen LogP contribution in [0, 0.1) is 0 Å². The van der Waals surface area contributed by atoms with Crippen LogP contribution in [0.15, 0.2) is 12.7 Å². The molecular weight excluding hydrogens is 116 g/mol. The molecule has 2 nitrogen and oxygen atoms in total. The molecule has 0 amide bonds. The lowest BCUT2D eigenvalue weighted by atomic mass is 10.3. The number of epoxide rings is 1. The maximum atomic E-state index is 5.27. The first-order chi connectivity index (χ1) is 4.34. The minimum atomic E-state index is 0.239. The summed E-state index contributed by atoms with van der Waals surface area (Å²) in [5, 5.41) is 0. The lowest BCUT2D eigenvalue weighted by Gasteiger charge is -2.06. The normalized spacial score (nSPS) is 27.4. The molecule has 0 saturated carbocycles. The number of hydrogen-bond donors (Lipinski definition) is 0. The van der Waals surface area contributed by atoms with Gasteiger partial charge in [-0.25, -0.2) is 0 Å². The van der Waals surface area contributed by atoms with Gasteiger partial charge in [-0.1, -0.05) is 6.08 Å². The van der Waals surface area contributed by atoms with Gasteiger partial charge in [0.25, 0.3) is 0 Å². The number of rotatable bonds is 4. The van der Waals surface area contributed by atoms with Crippen molar-refractivity contribution in [3.63, 3.8) is 0 Å². The van der Waals surface area contributed by atoms with Gasteiger partial charge in [-0.05, 0) is 6.92 Å². The molecule has 0 spiro atoms. The Hall–Kier alpha value is -0.340. The average molecular weight is 128 g/mol. The van der Waals surface area contributed by atoms with E-state index in [-0.39, 0.29) is 6.10 Å². The van der Waals surface area contributed by atoms with Crippen molar-refractivity contribution in [1.82, 2.24) is 0 Å². The van der Waals surface area contributed by atoms with Crippen LogP contribution in [-0.4, -0.2) is 25.4 Å². The molecule has 1 heterocycles. The van der Waals surface area contributed by atoms with E-state index < -0.39 is 0 Å². The molecule has 0 aromatic rings. The third-order valence-electron chi connectivity index (χ3n) is 1.36. The highest BCUT2D eigenvalue weighted by Gasteiger charge is 2.29. The van der Waals surface area contributed by atoms with E-state index in [4.69, 9.17) is 9.47 Å². The first-order valence-corrected chi connectivity index (χ1v) is 3.18. The molecular formula is C7H12O2. The molecule has 0 aromatic carbocycles. The fraction of sp³-hybridized carbons (Fsp3) is 0.714. The Bertz CT molecular complexity index is 97.1. The van der Waals surface area contributed by atoms with E-state index in [1.54, 1.807) is 6.08 Å². The molecule has 2 heteroatoms. The highest BCUT2D eigenvalue weighted by Crippen LogP contribution is 2.15. The van der Waals surface area contributed by atoms with E-state index >= 15 is 0 Å². The van der Waals surface area contributed by atoms with E-state index in [2.05, 4.69) is 6.58 Å². The molecule has 1 aliphatic heterocycles. The summed E-state index contributed by atoms with van der Waals surface area (Å²) in [6.45, 7) is 7.05. The van der Waals surface area contributed by atoms with Crippen LogP contribution >= 0.6 is 0 Å². The fourth-order valence-corrected chi connectivity index (χ4v) is 0.654. The molecule has 9 heavy (non-hydrogen) atoms. The average Bonchev–Trinajstić information content (AvgIpc) is 2.63. The first-order valence-electron chi connectivity index (χ1n) is 3.18. The second-order valence-electron chi connectivity index (χ2n) is 2.20. The Morgan fingerprint density at radius 1 is 2.00 bits per heavy atom. The Labute approximate surface area is 55.5 Å². The van der Waals surface area contributed by atoms with E-state index in [0.29, 0.717) is 12.7 Å². The van der Waals surface area contributed by atoms with Crippen LogP contribution < -0.4 is 0 Å². The predicted molar refractivity (Wildman–Crippen MR) is 35.4 cm³/mol. The maximum Gasteiger partial charge on any atom is 0.107 e. The van der Waals surface area contributed by atoms with Crippen molar-refractivity contribution in [3.05, 3.63) is 12.7 Å². The molecule has 2 atom stereocenters. The zero-order valence-electron chi connectivity index (χ0n) is 5.67. The van der Waals surface area contributed by atoms with Gasteiger partial charge in [-0.2, -0.15) is 0 Å². The predicted octanol–water partition coefficient (Wildman–Crippen LogP) is 0.976. The molecule has 0 aromatic heterocycles. The van der Waals surface area contributed by atoms with Crippen molar-refractivity contribution in [2.24, 2.45) is 0 Å². The van der Waals surface area contributed by atoms with Crippen molar-refractivity contribution in [2.75, 3.05) is 13.2 Å². The van der Waals surface area contributed by atoms with Gasteiger partial charge in [0.15, 0.2) is 0 Å². The highest BCUT2D eigenvalue weighted by molar-refractivity contribution is 4.77. The Morgan fingerprint density at radius 3 is 3.11 bits per heavy atom. The van der Waals surface area contributed by atoms with Gasteiger partial charge in [-0.3, -0.25) is 0 Å². The summed E-state index contributed by atoms with van der Waals surface area (Å²) < 4.78 is 10.3. The van der Waals surface area contributed by atoms with Crippen LogP contribution in [-0.2, 0) is 9.47 Å². The summed E-state index contributed by atoms with van der Waals surface area (Å²) >= 11 is 0. The maximum absolute atomic E-state index is 5.27. The van der Waals surface area contributed by atoms with Crippen LogP contribution in [0.2, 0.25) is 0 Å². The summed E-state index contributed by atoms with van der Waals surface area (Å²) in [7, 11) is 0. The van der Waals surface area contributed by atoms with Gasteiger partial charge in [0, 0.05) is 0 Å². The zero-order valence-corrected chi connectivity index (χ0v) is 5.67. The molecule has 0 aliphatic carbocycles. The van der Waals surface area contributed by atoms with Gasteiger partial charge in [0.2, 0.25) is 0 Å². The van der Waals surface area contributed by atoms with E-state index in [1.807, 2.05) is 6.92 Å². The largest absolute Gasteiger partial charge is 0.372 e. The third kappa shape index (κ3) is 2.16. The standard InChI is InChI=1S/C7H12O2/c1-3-4-8-6(2)7-5-9-7/h3,6-7H,1,4-5H2,2H3. The molecule has 0 N–H and O–H groups in total. The molecule has 0 radical (unpaired) electrons. The van der Waals surface area contributed by atoms with Crippen molar-refractivity contribution in [2.45, 2.75) is 19.1 Å². The molecule has 1 aliphatic rings. The topological polar surface area (TPSA) is 21.8 Å². The SMILES string of the molecule is C=CCOC(C)C1CO1. The van der Waals surface area contributed by atoms with Gasteiger partial charge in [0.05, 0.1) is 19.3 Å². The fourth-order valence-electron chi connectivity index (χ4n) is 0.654. The lowest BCUT2D eigenvalue weighted by molar-refractivity contribution is 0.0653. The van der Waals surface area contributed by atoms with Crippen molar-refractivity contribution < 1.29 is 9.47 Å². The quantitative estimate of drug-likeness (QED) is 0.416. The highest BCUT2D eigenvalue weighted by atomic mass is 16.6. The van der Waals surface area contributed by atoms with Gasteiger partial charge >= 0.3 is 0 Å². The Kier molecular flexibility index (Phi) is 2.25. The number of hydrogen-bond acceptors (Lipinski definition) is 2. The van der Waals surface area contributed by atoms with Gasteiger partial charge in [0.1, 0.15) is 6.10 Å². The van der Waals surface area contributed by atoms with Crippen molar-refractivity contribution in [3.8, 4) is 0 Å². The number of ether oxygens (including phenoxy) is 2. The van der Waals surface area contributed by atoms with E-state index in [9.17, 15) is 0 Å². The zero-order chi connectivity index (χ0) is 6.69. The molecule has 1 saturated heterocycles. The van der Waals surface area contributed by atoms with Crippen molar-refractivity contribution >= 4 is 0 Å². The van der Waals surface area contributed by atoms with Crippen LogP contribution in [0.25, 0.3) is 0 Å². The smallest absolute Gasteiger partial charge is 0.107 e. The second-order valence-corrected chi connectivity index (χ2v) is 2.20. The summed E-state index contributed by atoms with van der Waals surface area (Å²) in [5.41, 5.74) is 0. The van der Waals surface area contributed by atoms with Crippen LogP contribution in [0.3, 0.4) is 0 Å². The lowest BCUT2D eigenvalue weighted by Crippen LogP contribution is -2.14. The first kappa shape index (κ1) is 6.78. The summed E-state index contributed by atoms with van der Waals surface area (Å²) in [5.74, 6) is 0. The van der Waals surface area contributed by atoms with Gasteiger partial charge in [-0.15, -0.1) is 6.58 Å². The van der Waals surface area contributed by atoms with Crippen LogP contribution in [0.5, 0.6) is 0 Å². The minimum absolute atomic E-state index is 0.239. The second kappa shape index (κ2) is 2.99. The molecule has 1 rings (SSSR count). The summed E-state index contributed by atoms with van der Waals surface area (Å²) in [6, 6.07) is 0. The molecule has 0 bridgehead atoms. The Balaban J connectivity index is 2.02. The summed E-state index contributed by atoms with van der Waals surface area (Å²) in [6.07, 6.45) is 2.34.